The molecule has 0 radical (unpaired) electrons. The molecule has 0 saturated carbocycles. The highest BCUT2D eigenvalue weighted by molar-refractivity contribution is 7.99. The van der Waals surface area contributed by atoms with Crippen molar-refractivity contribution in [3.05, 3.63) is 28.8 Å². The summed E-state index contributed by atoms with van der Waals surface area (Å²) in [5, 5.41) is 0.375. The zero-order valence-electron chi connectivity index (χ0n) is 11.6. The van der Waals surface area contributed by atoms with Crippen LogP contribution in [0.2, 0.25) is 5.02 Å². The van der Waals surface area contributed by atoms with Crippen molar-refractivity contribution < 1.29 is 14.3 Å². The number of carbonyl (C=O) groups is 1. The van der Waals surface area contributed by atoms with Gasteiger partial charge in [0.25, 0.3) is 0 Å². The minimum atomic E-state index is -0.343. The molecule has 21 heavy (non-hydrogen) atoms. The van der Waals surface area contributed by atoms with Gasteiger partial charge < -0.3 is 15.2 Å². The molecular weight excluding hydrogens is 310 g/mol. The van der Waals surface area contributed by atoms with Crippen LogP contribution in [0.3, 0.4) is 0 Å². The zero-order chi connectivity index (χ0) is 14.9. The zero-order valence-corrected chi connectivity index (χ0v) is 13.2. The number of anilines is 1. The first-order chi connectivity index (χ1) is 10.1. The van der Waals surface area contributed by atoms with Crippen molar-refractivity contribution in [2.75, 3.05) is 23.8 Å². The van der Waals surface area contributed by atoms with Gasteiger partial charge in [-0.15, -0.1) is 0 Å². The van der Waals surface area contributed by atoms with Gasteiger partial charge in [0.15, 0.2) is 0 Å². The van der Waals surface area contributed by atoms with Crippen LogP contribution in [0, 0.1) is 0 Å². The smallest absolute Gasteiger partial charge is 0.338 e. The number of benzene rings is 1. The maximum atomic E-state index is 12.2. The number of nitrogen functional groups attached to an aromatic ring is 1. The van der Waals surface area contributed by atoms with Gasteiger partial charge >= 0.3 is 5.97 Å². The van der Waals surface area contributed by atoms with Crippen LogP contribution < -0.4 is 5.73 Å². The Balaban J connectivity index is 1.65. The summed E-state index contributed by atoms with van der Waals surface area (Å²) < 4.78 is 11.6. The summed E-state index contributed by atoms with van der Waals surface area (Å²) >= 11 is 7.85. The molecule has 4 nitrogen and oxygen atoms in total. The normalized spacial score (nSPS) is 28.7. The van der Waals surface area contributed by atoms with E-state index in [1.807, 2.05) is 11.8 Å². The van der Waals surface area contributed by atoms with Gasteiger partial charge in [-0.2, -0.15) is 11.8 Å². The molecular formula is C15H18ClNO3S. The van der Waals surface area contributed by atoms with E-state index >= 15 is 0 Å². The number of carbonyl (C=O) groups excluding carboxylic acids is 1. The average molecular weight is 328 g/mol. The molecule has 2 N–H and O–H groups in total. The minimum Gasteiger partial charge on any atom is -0.459 e. The van der Waals surface area contributed by atoms with E-state index in [2.05, 4.69) is 0 Å². The second-order valence-corrected chi connectivity index (χ2v) is 7.10. The average Bonchev–Trinajstić information content (AvgIpc) is 2.89. The lowest BCUT2D eigenvalue weighted by Gasteiger charge is -2.37. The van der Waals surface area contributed by atoms with Crippen LogP contribution in [0.4, 0.5) is 5.69 Å². The topological polar surface area (TPSA) is 61.6 Å². The first-order valence-corrected chi connectivity index (χ1v) is 8.59. The van der Waals surface area contributed by atoms with E-state index in [1.165, 1.54) is 0 Å². The van der Waals surface area contributed by atoms with Crippen LogP contribution in [0.5, 0.6) is 0 Å². The minimum absolute atomic E-state index is 0.0821. The lowest BCUT2D eigenvalue weighted by molar-refractivity contribution is -0.106. The molecule has 1 aromatic rings. The number of esters is 1. The van der Waals surface area contributed by atoms with Crippen molar-refractivity contribution in [2.24, 2.45) is 0 Å². The van der Waals surface area contributed by atoms with Gasteiger partial charge in [0.1, 0.15) is 6.10 Å². The van der Waals surface area contributed by atoms with Crippen LogP contribution in [0.15, 0.2) is 18.2 Å². The lowest BCUT2D eigenvalue weighted by atomic mass is 9.91. The molecule has 0 aromatic heterocycles. The molecule has 2 unspecified atom stereocenters. The highest BCUT2D eigenvalue weighted by atomic mass is 35.5. The van der Waals surface area contributed by atoms with Crippen molar-refractivity contribution >= 4 is 35.0 Å². The molecule has 114 valence electrons. The third kappa shape index (κ3) is 3.30. The van der Waals surface area contributed by atoms with E-state index in [1.54, 1.807) is 18.2 Å². The number of ether oxygens (including phenoxy) is 2. The summed E-state index contributed by atoms with van der Waals surface area (Å²) in [6.07, 6.45) is 2.50. The van der Waals surface area contributed by atoms with Gasteiger partial charge in [-0.1, -0.05) is 11.6 Å². The van der Waals surface area contributed by atoms with Crippen molar-refractivity contribution in [1.82, 2.24) is 0 Å². The largest absolute Gasteiger partial charge is 0.459 e. The molecule has 2 aliphatic heterocycles. The van der Waals surface area contributed by atoms with E-state index in [0.29, 0.717) is 22.9 Å². The van der Waals surface area contributed by atoms with Crippen molar-refractivity contribution in [3.63, 3.8) is 0 Å². The van der Waals surface area contributed by atoms with Gasteiger partial charge in [-0.05, 0) is 30.4 Å². The van der Waals surface area contributed by atoms with Crippen LogP contribution in [-0.4, -0.2) is 35.8 Å². The molecule has 0 amide bonds. The summed E-state index contributed by atoms with van der Waals surface area (Å²) in [5.41, 5.74) is 6.46. The van der Waals surface area contributed by atoms with Gasteiger partial charge in [-0.25, -0.2) is 4.79 Å². The summed E-state index contributed by atoms with van der Waals surface area (Å²) in [6.45, 7) is 0.654. The molecule has 0 bridgehead atoms. The molecule has 2 aliphatic rings. The Morgan fingerprint density at radius 1 is 1.52 bits per heavy atom. The van der Waals surface area contributed by atoms with E-state index < -0.39 is 0 Å². The van der Waals surface area contributed by atoms with Gasteiger partial charge in [0, 0.05) is 18.6 Å². The monoisotopic (exact) mass is 327 g/mol. The van der Waals surface area contributed by atoms with E-state index in [9.17, 15) is 4.79 Å². The van der Waals surface area contributed by atoms with E-state index in [4.69, 9.17) is 26.8 Å². The van der Waals surface area contributed by atoms with Crippen LogP contribution in [0.25, 0.3) is 0 Å². The predicted octanol–water partition coefficient (Wildman–Crippen LogP) is 3.13. The van der Waals surface area contributed by atoms with Crippen LogP contribution in [-0.2, 0) is 9.47 Å². The predicted molar refractivity (Wildman–Crippen MR) is 84.9 cm³/mol. The molecule has 6 heteroatoms. The summed E-state index contributed by atoms with van der Waals surface area (Å²) in [4.78, 5) is 12.2. The number of rotatable bonds is 2. The number of halogens is 1. The van der Waals surface area contributed by atoms with E-state index in [-0.39, 0.29) is 17.7 Å². The maximum absolute atomic E-state index is 12.2. The van der Waals surface area contributed by atoms with Crippen molar-refractivity contribution in [2.45, 2.75) is 31.0 Å². The van der Waals surface area contributed by atoms with Crippen molar-refractivity contribution in [1.29, 1.82) is 0 Å². The molecule has 2 atom stereocenters. The van der Waals surface area contributed by atoms with Gasteiger partial charge in [0.2, 0.25) is 0 Å². The molecule has 1 aromatic carbocycles. The third-order valence-corrected chi connectivity index (χ3v) is 5.58. The fourth-order valence-corrected chi connectivity index (χ4v) is 4.38. The fraction of sp³-hybridized carbons (Fsp3) is 0.533. The molecule has 1 spiro atoms. The van der Waals surface area contributed by atoms with Crippen molar-refractivity contribution in [3.8, 4) is 0 Å². The van der Waals surface area contributed by atoms with Gasteiger partial charge in [0.05, 0.1) is 28.5 Å². The standard InChI is InChI=1S/C15H18ClNO3S/c16-12-7-10(1-2-13(12)17)14(18)20-11-3-5-19-15(8-11)4-6-21-9-15/h1-2,7,11H,3-6,8-9,17H2. The third-order valence-electron chi connectivity index (χ3n) is 4.02. The Morgan fingerprint density at radius 3 is 3.10 bits per heavy atom. The number of hydrogen-bond acceptors (Lipinski definition) is 5. The quantitative estimate of drug-likeness (QED) is 0.668. The Hall–Kier alpha value is -0.910. The summed E-state index contributed by atoms with van der Waals surface area (Å²) in [6, 6.07) is 4.82. The maximum Gasteiger partial charge on any atom is 0.338 e. The highest BCUT2D eigenvalue weighted by Crippen LogP contribution is 2.39. The molecule has 0 aliphatic carbocycles. The first-order valence-electron chi connectivity index (χ1n) is 7.06. The molecule has 2 saturated heterocycles. The lowest BCUT2D eigenvalue weighted by Crippen LogP contribution is -2.43. The van der Waals surface area contributed by atoms with E-state index in [0.717, 1.165) is 30.8 Å². The first kappa shape index (κ1) is 15.0. The molecule has 2 fully saturated rings. The highest BCUT2D eigenvalue weighted by Gasteiger charge is 2.41. The molecule has 2 heterocycles. The fourth-order valence-electron chi connectivity index (χ4n) is 2.82. The van der Waals surface area contributed by atoms with Crippen LogP contribution in [0.1, 0.15) is 29.6 Å². The number of nitrogens with two attached hydrogens (primary N) is 1. The second kappa shape index (κ2) is 6.07. The van der Waals surface area contributed by atoms with Crippen LogP contribution >= 0.6 is 23.4 Å². The Labute approximate surface area is 133 Å². The van der Waals surface area contributed by atoms with Gasteiger partial charge in [-0.3, -0.25) is 0 Å². The summed E-state index contributed by atoms with van der Waals surface area (Å²) in [5.74, 6) is 1.77. The second-order valence-electron chi connectivity index (χ2n) is 5.59. The number of thioether (sulfide) groups is 1. The Kier molecular flexibility index (Phi) is 4.33. The SMILES string of the molecule is Nc1ccc(C(=O)OC2CCOC3(CCSC3)C2)cc1Cl. The number of hydrogen-bond donors (Lipinski definition) is 1. The summed E-state index contributed by atoms with van der Waals surface area (Å²) in [7, 11) is 0. The Bertz CT molecular complexity index is 546. The molecule has 3 rings (SSSR count). The Morgan fingerprint density at radius 2 is 2.38 bits per heavy atom.